The Morgan fingerprint density at radius 3 is 2.64 bits per heavy atom. The topological polar surface area (TPSA) is 96.0 Å². The van der Waals surface area contributed by atoms with Gasteiger partial charge < -0.3 is 16.0 Å². The minimum Gasteiger partial charge on any atom is -0.325 e. The highest BCUT2D eigenvalue weighted by Gasteiger charge is 2.22. The fourth-order valence-corrected chi connectivity index (χ4v) is 2.75. The van der Waals surface area contributed by atoms with Crippen molar-refractivity contribution in [1.82, 2.24) is 15.3 Å². The second-order valence-corrected chi connectivity index (χ2v) is 6.19. The van der Waals surface area contributed by atoms with E-state index in [9.17, 15) is 9.59 Å². The largest absolute Gasteiger partial charge is 0.325 e. The third-order valence-electron chi connectivity index (χ3n) is 4.00. The maximum atomic E-state index is 12.5. The Hall–Kier alpha value is -2.51. The summed E-state index contributed by atoms with van der Waals surface area (Å²) in [5.41, 5.74) is 0.714. The lowest BCUT2D eigenvalue weighted by Gasteiger charge is -2.22. The van der Waals surface area contributed by atoms with Crippen molar-refractivity contribution in [3.63, 3.8) is 0 Å². The van der Waals surface area contributed by atoms with Gasteiger partial charge in [0.05, 0.1) is 16.3 Å². The summed E-state index contributed by atoms with van der Waals surface area (Å²) >= 11 is 5.78. The molecule has 0 bridgehead atoms. The summed E-state index contributed by atoms with van der Waals surface area (Å²) in [6, 6.07) is 4.85. The van der Waals surface area contributed by atoms with Gasteiger partial charge in [-0.05, 0) is 44.1 Å². The highest BCUT2D eigenvalue weighted by Crippen LogP contribution is 2.19. The van der Waals surface area contributed by atoms with E-state index in [1.165, 1.54) is 18.6 Å². The summed E-state index contributed by atoms with van der Waals surface area (Å²) in [4.78, 5) is 32.9. The average molecular weight is 360 g/mol. The van der Waals surface area contributed by atoms with Crippen molar-refractivity contribution >= 4 is 34.9 Å². The van der Waals surface area contributed by atoms with Gasteiger partial charge in [-0.25, -0.2) is 4.98 Å². The number of carbonyl (C=O) groups is 2. The number of hydrogen-bond acceptors (Lipinski definition) is 5. The molecule has 2 aromatic heterocycles. The third-order valence-corrected chi connectivity index (χ3v) is 4.23. The maximum absolute atomic E-state index is 12.5. The molecule has 3 N–H and O–H groups in total. The molecule has 0 spiro atoms. The van der Waals surface area contributed by atoms with Crippen LogP contribution in [0.2, 0.25) is 5.02 Å². The van der Waals surface area contributed by atoms with Crippen LogP contribution in [0.25, 0.3) is 0 Å². The zero-order valence-corrected chi connectivity index (χ0v) is 14.2. The molecule has 3 rings (SSSR count). The molecule has 130 valence electrons. The molecule has 0 aromatic carbocycles. The number of pyridine rings is 2. The van der Waals surface area contributed by atoms with Gasteiger partial charge in [-0.15, -0.1) is 0 Å². The molecule has 0 saturated carbocycles. The molecule has 7 nitrogen and oxygen atoms in total. The molecule has 1 saturated heterocycles. The Balaban J connectivity index is 1.72. The molecule has 1 aliphatic rings. The summed E-state index contributed by atoms with van der Waals surface area (Å²) in [5, 5.41) is 9.22. The van der Waals surface area contributed by atoms with Crippen molar-refractivity contribution < 1.29 is 9.59 Å². The SMILES string of the molecule is O=C(Nc1ccc(Cl)cn1)c1cnccc1NC(=O)C1CCNCC1. The average Bonchev–Trinajstić information content (AvgIpc) is 2.64. The lowest BCUT2D eigenvalue weighted by molar-refractivity contribution is -0.120. The molecule has 0 aliphatic carbocycles. The van der Waals surface area contributed by atoms with Crippen LogP contribution >= 0.6 is 11.6 Å². The number of halogens is 1. The van der Waals surface area contributed by atoms with E-state index in [0.29, 0.717) is 16.5 Å². The first-order valence-electron chi connectivity index (χ1n) is 8.02. The number of carbonyl (C=O) groups excluding carboxylic acids is 2. The van der Waals surface area contributed by atoms with Crippen molar-refractivity contribution in [1.29, 1.82) is 0 Å². The molecular formula is C17H18ClN5O2. The molecule has 0 atom stereocenters. The van der Waals surface area contributed by atoms with Crippen LogP contribution in [0.5, 0.6) is 0 Å². The Morgan fingerprint density at radius 1 is 1.12 bits per heavy atom. The van der Waals surface area contributed by atoms with Gasteiger partial charge in [-0.3, -0.25) is 14.6 Å². The minimum absolute atomic E-state index is 0.0525. The van der Waals surface area contributed by atoms with Gasteiger partial charge in [0.2, 0.25) is 5.91 Å². The van der Waals surface area contributed by atoms with Gasteiger partial charge in [-0.1, -0.05) is 11.6 Å². The van der Waals surface area contributed by atoms with Crippen molar-refractivity contribution in [2.24, 2.45) is 5.92 Å². The molecule has 2 amide bonds. The van der Waals surface area contributed by atoms with Crippen LogP contribution < -0.4 is 16.0 Å². The molecule has 1 fully saturated rings. The van der Waals surface area contributed by atoms with E-state index in [2.05, 4.69) is 25.9 Å². The van der Waals surface area contributed by atoms with E-state index < -0.39 is 5.91 Å². The summed E-state index contributed by atoms with van der Waals surface area (Å²) in [5.74, 6) is -0.160. The molecule has 1 aliphatic heterocycles. The Kier molecular flexibility index (Phi) is 5.57. The third kappa shape index (κ3) is 4.52. The van der Waals surface area contributed by atoms with Gasteiger partial charge in [0.15, 0.2) is 0 Å². The first-order valence-corrected chi connectivity index (χ1v) is 8.40. The summed E-state index contributed by atoms with van der Waals surface area (Å²) in [6.07, 6.45) is 5.97. The molecule has 0 radical (unpaired) electrons. The van der Waals surface area contributed by atoms with Crippen LogP contribution in [0.1, 0.15) is 23.2 Å². The first-order chi connectivity index (χ1) is 12.1. The fraction of sp³-hybridized carbons (Fsp3) is 0.294. The second-order valence-electron chi connectivity index (χ2n) is 5.75. The van der Waals surface area contributed by atoms with E-state index >= 15 is 0 Å². The van der Waals surface area contributed by atoms with Gasteiger partial charge in [0.1, 0.15) is 5.82 Å². The number of piperidine rings is 1. The molecule has 3 heterocycles. The fourth-order valence-electron chi connectivity index (χ4n) is 2.64. The Labute approximate surface area is 150 Å². The lowest BCUT2D eigenvalue weighted by atomic mass is 9.97. The highest BCUT2D eigenvalue weighted by molar-refractivity contribution is 6.30. The number of nitrogens with one attached hydrogen (secondary N) is 3. The molecule has 0 unspecified atom stereocenters. The van der Waals surface area contributed by atoms with Crippen LogP contribution in [-0.2, 0) is 4.79 Å². The normalized spacial score (nSPS) is 14.8. The summed E-state index contributed by atoms with van der Waals surface area (Å²) in [6.45, 7) is 1.65. The number of aromatic nitrogens is 2. The van der Waals surface area contributed by atoms with Gasteiger partial charge in [-0.2, -0.15) is 0 Å². The number of nitrogens with zero attached hydrogens (tertiary/aromatic N) is 2. The van der Waals surface area contributed by atoms with Crippen molar-refractivity contribution in [2.75, 3.05) is 23.7 Å². The molecular weight excluding hydrogens is 342 g/mol. The van der Waals surface area contributed by atoms with Gasteiger partial charge >= 0.3 is 0 Å². The van der Waals surface area contributed by atoms with E-state index in [0.717, 1.165) is 25.9 Å². The molecule has 8 heteroatoms. The van der Waals surface area contributed by atoms with Gasteiger partial charge in [0, 0.05) is 24.5 Å². The highest BCUT2D eigenvalue weighted by atomic mass is 35.5. The lowest BCUT2D eigenvalue weighted by Crippen LogP contribution is -2.35. The predicted molar refractivity (Wildman–Crippen MR) is 95.7 cm³/mol. The van der Waals surface area contributed by atoms with Gasteiger partial charge in [0.25, 0.3) is 5.91 Å². The smallest absolute Gasteiger partial charge is 0.260 e. The standard InChI is InChI=1S/C17H18ClN5O2/c18-12-1-2-15(21-9-12)23-17(25)13-10-20-8-5-14(13)22-16(24)11-3-6-19-7-4-11/h1-2,5,8-11,19H,3-4,6-7H2,(H,20,22,24)(H,21,23,25). The van der Waals surface area contributed by atoms with E-state index in [4.69, 9.17) is 11.6 Å². The number of hydrogen-bond donors (Lipinski definition) is 3. The van der Waals surface area contributed by atoms with Crippen LogP contribution in [-0.4, -0.2) is 34.9 Å². The van der Waals surface area contributed by atoms with Crippen molar-refractivity contribution in [2.45, 2.75) is 12.8 Å². The van der Waals surface area contributed by atoms with Crippen LogP contribution in [0.3, 0.4) is 0 Å². The number of rotatable bonds is 4. The number of amides is 2. The zero-order valence-electron chi connectivity index (χ0n) is 13.5. The monoisotopic (exact) mass is 359 g/mol. The summed E-state index contributed by atoms with van der Waals surface area (Å²) in [7, 11) is 0. The van der Waals surface area contributed by atoms with E-state index in [-0.39, 0.29) is 17.4 Å². The van der Waals surface area contributed by atoms with Crippen LogP contribution in [0, 0.1) is 5.92 Å². The van der Waals surface area contributed by atoms with E-state index in [1.54, 1.807) is 18.2 Å². The minimum atomic E-state index is -0.400. The zero-order chi connectivity index (χ0) is 17.6. The van der Waals surface area contributed by atoms with Crippen LogP contribution in [0.15, 0.2) is 36.8 Å². The van der Waals surface area contributed by atoms with Crippen molar-refractivity contribution in [3.05, 3.63) is 47.4 Å². The number of anilines is 2. The Bertz CT molecular complexity index is 760. The summed E-state index contributed by atoms with van der Waals surface area (Å²) < 4.78 is 0. The molecule has 2 aromatic rings. The quantitative estimate of drug-likeness (QED) is 0.778. The van der Waals surface area contributed by atoms with Crippen molar-refractivity contribution in [3.8, 4) is 0 Å². The van der Waals surface area contributed by atoms with Crippen LogP contribution in [0.4, 0.5) is 11.5 Å². The Morgan fingerprint density at radius 2 is 1.92 bits per heavy atom. The van der Waals surface area contributed by atoms with E-state index in [1.807, 2.05) is 0 Å². The second kappa shape index (κ2) is 8.04. The molecule has 25 heavy (non-hydrogen) atoms. The predicted octanol–water partition coefficient (Wildman–Crippen LogP) is 2.32. The maximum Gasteiger partial charge on any atom is 0.260 e. The first kappa shape index (κ1) is 17.3.